The topological polar surface area (TPSA) is 145 Å². The SMILES string of the molecule is CCc1cc(S(=O)(=O)NC(=O)c2ccc(N3CCC(N4CCN(Cc5ccc(OC)cc5)CC4c4ccccc4C(C)C)CC3)cc2Oc2cnc3[nH]cc(F)c3c2)cnc1NC[C@H]1CC[C@@H](C)CC1. The third-order valence-corrected chi connectivity index (χ3v) is 16.1. The molecule has 2 saturated heterocycles. The van der Waals surface area contributed by atoms with E-state index in [2.05, 4.69) is 96.9 Å². The number of aryl methyl sites for hydroxylation is 1. The minimum atomic E-state index is -4.35. The smallest absolute Gasteiger partial charge is 0.268 e. The fourth-order valence-electron chi connectivity index (χ4n) is 10.7. The lowest BCUT2D eigenvalue weighted by Crippen LogP contribution is -2.54. The number of anilines is 2. The number of carbonyl (C=O) groups is 1. The number of piperazine rings is 1. The van der Waals surface area contributed by atoms with Crippen LogP contribution in [0.1, 0.15) is 111 Å². The molecule has 1 atom stereocenters. The number of aromatic nitrogens is 3. The standard InChI is InChI=1S/C55H67FN8O5S/c1-6-40-27-45(32-59-53(40)57-30-38-13-11-37(4)12-14-38)70(66,67)61-55(65)48-20-17-42(28-52(48)69-44-29-49-50(56)33-60-54(49)58-31-44)63-23-21-41(22-24-63)64-26-25-62(34-39-15-18-43(68-5)19-16-39)35-51(64)47-10-8-7-9-46(47)36(2)3/h7-10,15-20,27-29,31-33,36-38,41,51H,6,11-14,21-26,30,34-35H2,1-5H3,(H,57,59)(H,58,60)(H,61,65)/t37-,38+,51?. The Morgan fingerprint density at radius 1 is 0.900 bits per heavy atom. The van der Waals surface area contributed by atoms with E-state index in [-0.39, 0.29) is 33.4 Å². The van der Waals surface area contributed by atoms with Crippen molar-refractivity contribution in [3.05, 3.63) is 131 Å². The molecular weight excluding hydrogens is 904 g/mol. The first kappa shape index (κ1) is 49.0. The fraction of sp³-hybridized carbons (Fsp3) is 0.436. The van der Waals surface area contributed by atoms with Crippen LogP contribution >= 0.6 is 0 Å². The minimum Gasteiger partial charge on any atom is -0.497 e. The summed E-state index contributed by atoms with van der Waals surface area (Å²) in [4.78, 5) is 33.3. The van der Waals surface area contributed by atoms with Gasteiger partial charge in [0, 0.05) is 82.0 Å². The quantitative estimate of drug-likeness (QED) is 0.0852. The number of fused-ring (bicyclic) bond motifs is 1. The maximum Gasteiger partial charge on any atom is 0.268 e. The molecule has 6 aromatic rings. The Labute approximate surface area is 412 Å². The largest absolute Gasteiger partial charge is 0.497 e. The maximum atomic E-state index is 14.7. The van der Waals surface area contributed by atoms with Gasteiger partial charge in [-0.15, -0.1) is 0 Å². The van der Waals surface area contributed by atoms with E-state index in [0.717, 1.165) is 94.4 Å². The van der Waals surface area contributed by atoms with Gasteiger partial charge in [-0.05, 0) is 109 Å². The van der Waals surface area contributed by atoms with Crippen molar-refractivity contribution in [2.24, 2.45) is 11.8 Å². The Morgan fingerprint density at radius 2 is 1.67 bits per heavy atom. The predicted octanol–water partition coefficient (Wildman–Crippen LogP) is 10.5. The number of benzene rings is 3. The highest BCUT2D eigenvalue weighted by molar-refractivity contribution is 7.90. The van der Waals surface area contributed by atoms with E-state index in [0.29, 0.717) is 35.8 Å². The molecule has 9 rings (SSSR count). The van der Waals surface area contributed by atoms with Crippen LogP contribution in [-0.4, -0.2) is 91.5 Å². The molecule has 1 amide bonds. The van der Waals surface area contributed by atoms with Gasteiger partial charge >= 0.3 is 0 Å². The molecule has 13 nitrogen and oxygen atoms in total. The lowest BCUT2D eigenvalue weighted by Gasteiger charge is -2.48. The number of hydrogen-bond donors (Lipinski definition) is 3. The summed E-state index contributed by atoms with van der Waals surface area (Å²) in [6.07, 6.45) is 11.1. The molecule has 70 heavy (non-hydrogen) atoms. The number of H-pyrrole nitrogens is 1. The molecule has 5 heterocycles. The van der Waals surface area contributed by atoms with Gasteiger partial charge in [-0.3, -0.25) is 14.6 Å². The number of nitrogens with zero attached hydrogens (tertiary/aromatic N) is 5. The molecule has 2 aliphatic heterocycles. The second kappa shape index (κ2) is 21.5. The van der Waals surface area contributed by atoms with Crippen molar-refractivity contribution in [1.82, 2.24) is 29.5 Å². The number of hydrogen-bond acceptors (Lipinski definition) is 11. The highest BCUT2D eigenvalue weighted by atomic mass is 32.2. The molecule has 3 aliphatic rings. The summed E-state index contributed by atoms with van der Waals surface area (Å²) in [5.74, 6) is 2.16. The zero-order chi connectivity index (χ0) is 48.9. The van der Waals surface area contributed by atoms with Gasteiger partial charge < -0.3 is 24.7 Å². The number of rotatable bonds is 16. The van der Waals surface area contributed by atoms with Gasteiger partial charge in [0.05, 0.1) is 24.3 Å². The van der Waals surface area contributed by atoms with Crippen LogP contribution in [0.2, 0.25) is 0 Å². The van der Waals surface area contributed by atoms with E-state index in [4.69, 9.17) is 9.47 Å². The number of sulfonamides is 1. The van der Waals surface area contributed by atoms with Crippen LogP contribution < -0.4 is 24.4 Å². The molecule has 370 valence electrons. The first-order valence-corrected chi connectivity index (χ1v) is 26.5. The lowest BCUT2D eigenvalue weighted by atomic mass is 9.83. The van der Waals surface area contributed by atoms with E-state index in [1.807, 2.05) is 25.1 Å². The van der Waals surface area contributed by atoms with Gasteiger partial charge in [0.25, 0.3) is 15.9 Å². The van der Waals surface area contributed by atoms with E-state index in [1.165, 1.54) is 54.2 Å². The summed E-state index contributed by atoms with van der Waals surface area (Å²) < 4.78 is 56.6. The Balaban J connectivity index is 0.930. The molecule has 1 saturated carbocycles. The maximum absolute atomic E-state index is 14.7. The number of carbonyl (C=O) groups excluding carboxylic acids is 1. The normalized spacial score (nSPS) is 19.6. The summed E-state index contributed by atoms with van der Waals surface area (Å²) in [6, 6.07) is 26.1. The summed E-state index contributed by atoms with van der Waals surface area (Å²) >= 11 is 0. The number of aromatic amines is 1. The number of pyridine rings is 2. The Morgan fingerprint density at radius 3 is 2.41 bits per heavy atom. The van der Waals surface area contributed by atoms with Gasteiger partial charge in [-0.1, -0.05) is 76.9 Å². The second-order valence-corrected chi connectivity index (χ2v) is 21.5. The molecule has 3 aromatic carbocycles. The number of amides is 1. The first-order valence-electron chi connectivity index (χ1n) is 25.0. The molecular formula is C55H67FN8O5S. The summed E-state index contributed by atoms with van der Waals surface area (Å²) in [6.45, 7) is 14.8. The van der Waals surface area contributed by atoms with Crippen molar-refractivity contribution < 1.29 is 27.1 Å². The van der Waals surface area contributed by atoms with Crippen LogP contribution in [0.3, 0.4) is 0 Å². The minimum absolute atomic E-state index is 0.000203. The van der Waals surface area contributed by atoms with Crippen LogP contribution in [0.5, 0.6) is 17.2 Å². The molecule has 1 unspecified atom stereocenters. The van der Waals surface area contributed by atoms with Gasteiger partial charge in [0.1, 0.15) is 39.4 Å². The zero-order valence-corrected chi connectivity index (χ0v) is 41.9. The van der Waals surface area contributed by atoms with Crippen LogP contribution in [0.25, 0.3) is 11.0 Å². The Hall–Kier alpha value is -6.03. The van der Waals surface area contributed by atoms with Crippen molar-refractivity contribution >= 4 is 38.5 Å². The summed E-state index contributed by atoms with van der Waals surface area (Å²) in [5, 5.41) is 3.69. The van der Waals surface area contributed by atoms with E-state index >= 15 is 0 Å². The van der Waals surface area contributed by atoms with Crippen LogP contribution in [0, 0.1) is 17.7 Å². The van der Waals surface area contributed by atoms with Crippen LogP contribution in [0.4, 0.5) is 15.9 Å². The number of halogens is 1. The fourth-order valence-corrected chi connectivity index (χ4v) is 11.6. The average molecular weight is 971 g/mol. The predicted molar refractivity (Wildman–Crippen MR) is 274 cm³/mol. The average Bonchev–Trinajstić information content (AvgIpc) is 3.75. The van der Waals surface area contributed by atoms with Crippen LogP contribution in [0.15, 0.2) is 102 Å². The van der Waals surface area contributed by atoms with Gasteiger partial charge in [0.2, 0.25) is 0 Å². The molecule has 0 spiro atoms. The van der Waals surface area contributed by atoms with Crippen molar-refractivity contribution in [1.29, 1.82) is 0 Å². The van der Waals surface area contributed by atoms with Crippen molar-refractivity contribution in [2.75, 3.05) is 56.6 Å². The summed E-state index contributed by atoms with van der Waals surface area (Å²) in [7, 11) is -2.66. The Kier molecular flexibility index (Phi) is 15.1. The van der Waals surface area contributed by atoms with Crippen LogP contribution in [-0.2, 0) is 23.0 Å². The van der Waals surface area contributed by atoms with Gasteiger partial charge in [-0.2, -0.15) is 0 Å². The molecule has 3 aromatic heterocycles. The third-order valence-electron chi connectivity index (χ3n) is 14.8. The third kappa shape index (κ3) is 11.1. The summed E-state index contributed by atoms with van der Waals surface area (Å²) in [5.41, 5.74) is 5.96. The number of methoxy groups -OCH3 is 1. The zero-order valence-electron chi connectivity index (χ0n) is 41.1. The van der Waals surface area contributed by atoms with E-state index in [9.17, 15) is 17.6 Å². The highest BCUT2D eigenvalue weighted by Crippen LogP contribution is 2.38. The molecule has 3 N–H and O–H groups in total. The molecule has 3 fully saturated rings. The molecule has 0 bridgehead atoms. The highest BCUT2D eigenvalue weighted by Gasteiger charge is 2.36. The Bertz CT molecular complexity index is 2880. The monoisotopic (exact) mass is 970 g/mol. The van der Waals surface area contributed by atoms with Gasteiger partial charge in [0.15, 0.2) is 0 Å². The van der Waals surface area contributed by atoms with E-state index < -0.39 is 21.7 Å². The second-order valence-electron chi connectivity index (χ2n) is 19.8. The lowest BCUT2D eigenvalue weighted by molar-refractivity contribution is 0.0271. The van der Waals surface area contributed by atoms with Crippen molar-refractivity contribution in [3.63, 3.8) is 0 Å². The van der Waals surface area contributed by atoms with E-state index in [1.54, 1.807) is 25.3 Å². The van der Waals surface area contributed by atoms with Gasteiger partial charge in [-0.25, -0.2) is 27.5 Å². The molecule has 0 radical (unpaired) electrons. The van der Waals surface area contributed by atoms with Crippen molar-refractivity contribution in [2.45, 2.75) is 102 Å². The number of nitrogens with one attached hydrogen (secondary N) is 3. The first-order chi connectivity index (χ1) is 33.8. The number of ether oxygens (including phenoxy) is 2. The molecule has 1 aliphatic carbocycles. The molecule has 15 heteroatoms. The van der Waals surface area contributed by atoms with Crippen molar-refractivity contribution in [3.8, 4) is 17.2 Å². The number of piperidine rings is 1.